The number of hydrogen-bond acceptors (Lipinski definition) is 5. The highest BCUT2D eigenvalue weighted by Gasteiger charge is 2.37. The standard InChI is InChI=1S/C27H36F2N6O/c1-27(2,3)25(35(24(32)17-36)12-11-20(31)14-30)26-33-23(21-13-19(28)9-10-22(21)29)16-34(26)15-18-7-5-4-6-8-18/h4-10,13,16,20,25,32,36H,11-12,14-15,17,30-31H2,1-3H3/t20-,25-/m0/s1. The molecule has 2 atom stereocenters. The van der Waals surface area contributed by atoms with Gasteiger partial charge in [-0.1, -0.05) is 51.1 Å². The number of nitrogens with zero attached hydrogens (tertiary/aromatic N) is 3. The van der Waals surface area contributed by atoms with Crippen LogP contribution in [0, 0.1) is 22.5 Å². The molecule has 1 aromatic heterocycles. The SMILES string of the molecule is CC(C)(C)[C@H](c1nc(-c2cc(F)ccc2F)cn1Cc1ccccc1)N(CC[C@H](N)CN)C(=N)CO. The van der Waals surface area contributed by atoms with E-state index < -0.39 is 29.7 Å². The van der Waals surface area contributed by atoms with Crippen molar-refractivity contribution in [1.82, 2.24) is 14.5 Å². The highest BCUT2D eigenvalue weighted by molar-refractivity contribution is 5.80. The average molecular weight is 499 g/mol. The van der Waals surface area contributed by atoms with Crippen LogP contribution in [0.25, 0.3) is 11.3 Å². The van der Waals surface area contributed by atoms with Gasteiger partial charge in [0, 0.05) is 37.4 Å². The number of aliphatic hydroxyl groups excluding tert-OH is 1. The lowest BCUT2D eigenvalue weighted by atomic mass is 9.84. The number of rotatable bonds is 10. The molecule has 0 saturated carbocycles. The molecule has 2 aromatic carbocycles. The number of amidine groups is 1. The summed E-state index contributed by atoms with van der Waals surface area (Å²) in [5.74, 6) is -0.540. The van der Waals surface area contributed by atoms with E-state index in [1.54, 1.807) is 11.1 Å². The van der Waals surface area contributed by atoms with E-state index in [9.17, 15) is 13.9 Å². The van der Waals surface area contributed by atoms with Gasteiger partial charge in [0.25, 0.3) is 0 Å². The molecule has 0 spiro atoms. The van der Waals surface area contributed by atoms with Crippen LogP contribution in [0.5, 0.6) is 0 Å². The minimum atomic E-state index is -0.575. The van der Waals surface area contributed by atoms with Crippen molar-refractivity contribution >= 4 is 5.84 Å². The van der Waals surface area contributed by atoms with Crippen LogP contribution in [0.4, 0.5) is 8.78 Å². The van der Waals surface area contributed by atoms with Crippen LogP contribution in [0.3, 0.4) is 0 Å². The van der Waals surface area contributed by atoms with Gasteiger partial charge in [0.15, 0.2) is 0 Å². The first-order valence-corrected chi connectivity index (χ1v) is 12.0. The number of nitrogens with two attached hydrogens (primary N) is 2. The fourth-order valence-corrected chi connectivity index (χ4v) is 4.31. The monoisotopic (exact) mass is 498 g/mol. The normalized spacial score (nSPS) is 13.4. The fourth-order valence-electron chi connectivity index (χ4n) is 4.31. The molecule has 0 aliphatic heterocycles. The second-order valence-corrected chi connectivity index (χ2v) is 10.1. The predicted molar refractivity (Wildman–Crippen MR) is 138 cm³/mol. The van der Waals surface area contributed by atoms with E-state index in [0.717, 1.165) is 23.8 Å². The van der Waals surface area contributed by atoms with Crippen LogP contribution in [-0.2, 0) is 6.54 Å². The van der Waals surface area contributed by atoms with Crippen LogP contribution in [-0.4, -0.2) is 51.1 Å². The summed E-state index contributed by atoms with van der Waals surface area (Å²) in [6, 6.07) is 12.3. The lowest BCUT2D eigenvalue weighted by molar-refractivity contribution is 0.143. The Kier molecular flexibility index (Phi) is 8.94. The largest absolute Gasteiger partial charge is 0.388 e. The molecule has 7 nitrogen and oxygen atoms in total. The lowest BCUT2D eigenvalue weighted by Gasteiger charge is -2.41. The first-order chi connectivity index (χ1) is 17.0. The Morgan fingerprint density at radius 3 is 2.47 bits per heavy atom. The van der Waals surface area contributed by atoms with Gasteiger partial charge in [-0.2, -0.15) is 0 Å². The number of aromatic nitrogens is 2. The number of aliphatic hydroxyl groups is 1. The number of nitrogens with one attached hydrogen (secondary N) is 1. The Bertz CT molecular complexity index is 1160. The van der Waals surface area contributed by atoms with Gasteiger partial charge in [-0.3, -0.25) is 5.41 Å². The Morgan fingerprint density at radius 2 is 1.86 bits per heavy atom. The smallest absolute Gasteiger partial charge is 0.133 e. The molecule has 3 rings (SSSR count). The van der Waals surface area contributed by atoms with Crippen molar-refractivity contribution in [3.8, 4) is 11.3 Å². The number of halogens is 2. The summed E-state index contributed by atoms with van der Waals surface area (Å²) >= 11 is 0. The van der Waals surface area contributed by atoms with Gasteiger partial charge in [0.05, 0.1) is 11.7 Å². The van der Waals surface area contributed by atoms with Crippen molar-refractivity contribution in [2.75, 3.05) is 19.7 Å². The first-order valence-electron chi connectivity index (χ1n) is 12.0. The molecule has 1 heterocycles. The summed E-state index contributed by atoms with van der Waals surface area (Å²) in [5.41, 5.74) is 12.7. The van der Waals surface area contributed by atoms with Crippen molar-refractivity contribution < 1.29 is 13.9 Å². The zero-order valence-corrected chi connectivity index (χ0v) is 21.1. The maximum Gasteiger partial charge on any atom is 0.133 e. The van der Waals surface area contributed by atoms with Crippen LogP contribution in [0.15, 0.2) is 54.7 Å². The number of hydrogen-bond donors (Lipinski definition) is 4. The summed E-state index contributed by atoms with van der Waals surface area (Å²) < 4.78 is 30.7. The van der Waals surface area contributed by atoms with Gasteiger partial charge in [-0.25, -0.2) is 13.8 Å². The van der Waals surface area contributed by atoms with Gasteiger partial charge in [0.1, 0.15) is 29.9 Å². The maximum absolute atomic E-state index is 14.7. The van der Waals surface area contributed by atoms with Crippen LogP contribution >= 0.6 is 0 Å². The molecular weight excluding hydrogens is 462 g/mol. The Balaban J connectivity index is 2.18. The molecule has 9 heteroatoms. The second kappa shape index (κ2) is 11.7. The molecule has 3 aromatic rings. The molecule has 0 saturated heterocycles. The van der Waals surface area contributed by atoms with E-state index in [1.807, 2.05) is 55.7 Å². The number of imidazole rings is 1. The van der Waals surface area contributed by atoms with E-state index >= 15 is 0 Å². The minimum Gasteiger partial charge on any atom is -0.388 e. The Labute approximate surface area is 211 Å². The van der Waals surface area contributed by atoms with Crippen molar-refractivity contribution in [2.45, 2.75) is 45.8 Å². The van der Waals surface area contributed by atoms with Gasteiger partial charge in [-0.05, 0) is 35.6 Å². The average Bonchev–Trinajstić information content (AvgIpc) is 3.24. The molecule has 0 aliphatic carbocycles. The van der Waals surface area contributed by atoms with E-state index in [-0.39, 0.29) is 17.4 Å². The third kappa shape index (κ3) is 6.54. The Hall–Kier alpha value is -3.14. The van der Waals surface area contributed by atoms with Crippen LogP contribution in [0.2, 0.25) is 0 Å². The molecule has 194 valence electrons. The van der Waals surface area contributed by atoms with Gasteiger partial charge < -0.3 is 26.0 Å². The van der Waals surface area contributed by atoms with Crippen molar-refractivity contribution in [2.24, 2.45) is 16.9 Å². The first kappa shape index (κ1) is 27.4. The summed E-state index contributed by atoms with van der Waals surface area (Å²) in [5, 5.41) is 18.4. The molecule has 36 heavy (non-hydrogen) atoms. The molecule has 0 unspecified atom stereocenters. The topological polar surface area (TPSA) is 117 Å². The third-order valence-corrected chi connectivity index (χ3v) is 6.12. The second-order valence-electron chi connectivity index (χ2n) is 10.1. The third-order valence-electron chi connectivity index (χ3n) is 6.12. The number of benzene rings is 2. The lowest BCUT2D eigenvalue weighted by Crippen LogP contribution is -2.45. The molecule has 6 N–H and O–H groups in total. The quantitative estimate of drug-likeness (QED) is 0.250. The zero-order valence-electron chi connectivity index (χ0n) is 21.1. The molecule has 0 radical (unpaired) electrons. The highest BCUT2D eigenvalue weighted by Crippen LogP contribution is 2.39. The minimum absolute atomic E-state index is 0.0203. The summed E-state index contributed by atoms with van der Waals surface area (Å²) in [7, 11) is 0. The van der Waals surface area contributed by atoms with E-state index in [0.29, 0.717) is 37.6 Å². The van der Waals surface area contributed by atoms with Gasteiger partial charge in [-0.15, -0.1) is 0 Å². The predicted octanol–water partition coefficient (Wildman–Crippen LogP) is 3.91. The molecule has 0 amide bonds. The van der Waals surface area contributed by atoms with Crippen molar-refractivity contribution in [1.29, 1.82) is 5.41 Å². The van der Waals surface area contributed by atoms with Crippen molar-refractivity contribution in [3.05, 3.63) is 77.8 Å². The molecule has 0 aliphatic rings. The highest BCUT2D eigenvalue weighted by atomic mass is 19.1. The molecular formula is C27H36F2N6O. The summed E-state index contributed by atoms with van der Waals surface area (Å²) in [6.07, 6.45) is 2.22. The summed E-state index contributed by atoms with van der Waals surface area (Å²) in [6.45, 7) is 6.70. The van der Waals surface area contributed by atoms with Crippen molar-refractivity contribution in [3.63, 3.8) is 0 Å². The Morgan fingerprint density at radius 1 is 1.17 bits per heavy atom. The van der Waals surface area contributed by atoms with Gasteiger partial charge >= 0.3 is 0 Å². The van der Waals surface area contributed by atoms with E-state index in [1.165, 1.54) is 0 Å². The van der Waals surface area contributed by atoms with E-state index in [4.69, 9.17) is 21.9 Å². The van der Waals surface area contributed by atoms with Crippen LogP contribution in [0.1, 0.15) is 44.6 Å². The zero-order chi connectivity index (χ0) is 26.5. The maximum atomic E-state index is 14.7. The van der Waals surface area contributed by atoms with Crippen LogP contribution < -0.4 is 11.5 Å². The fraction of sp³-hybridized carbons (Fsp3) is 0.407. The van der Waals surface area contributed by atoms with Gasteiger partial charge in [0.2, 0.25) is 0 Å². The summed E-state index contributed by atoms with van der Waals surface area (Å²) in [4.78, 5) is 6.59. The molecule has 0 fully saturated rings. The van der Waals surface area contributed by atoms with E-state index in [2.05, 4.69) is 0 Å². The molecule has 0 bridgehead atoms.